The van der Waals surface area contributed by atoms with Crippen LogP contribution >= 0.6 is 11.3 Å². The molecule has 152 valence electrons. The molecule has 0 spiro atoms. The van der Waals surface area contributed by atoms with Crippen LogP contribution in [0.5, 0.6) is 0 Å². The fourth-order valence-electron chi connectivity index (χ4n) is 3.25. The zero-order valence-corrected chi connectivity index (χ0v) is 16.7. The number of aryl methyl sites for hydroxylation is 1. The van der Waals surface area contributed by atoms with Gasteiger partial charge in [-0.3, -0.25) is 14.4 Å². The minimum Gasteiger partial charge on any atom is -0.459 e. The summed E-state index contributed by atoms with van der Waals surface area (Å²) in [4.78, 5) is 43.4. The van der Waals surface area contributed by atoms with Gasteiger partial charge in [-0.05, 0) is 31.4 Å². The molecule has 0 N–H and O–H groups in total. The molecule has 29 heavy (non-hydrogen) atoms. The molecule has 4 heterocycles. The Labute approximate surface area is 169 Å². The van der Waals surface area contributed by atoms with Crippen molar-refractivity contribution in [1.82, 2.24) is 19.5 Å². The number of ether oxygens (including phenoxy) is 1. The predicted octanol–water partition coefficient (Wildman–Crippen LogP) is 1.90. The van der Waals surface area contributed by atoms with E-state index >= 15 is 0 Å². The molecule has 10 heteroatoms. The summed E-state index contributed by atoms with van der Waals surface area (Å²) in [5.74, 6) is -0.491. The summed E-state index contributed by atoms with van der Waals surface area (Å²) in [6.45, 7) is 2.82. The first-order valence-electron chi connectivity index (χ1n) is 9.43. The van der Waals surface area contributed by atoms with Crippen LogP contribution in [0.2, 0.25) is 0 Å². The molecule has 0 bridgehead atoms. The number of nitrogens with zero attached hydrogens (tertiary/aromatic N) is 4. The van der Waals surface area contributed by atoms with Crippen LogP contribution in [0.25, 0.3) is 4.96 Å². The van der Waals surface area contributed by atoms with Crippen LogP contribution in [0.3, 0.4) is 0 Å². The highest BCUT2D eigenvalue weighted by Crippen LogP contribution is 2.21. The summed E-state index contributed by atoms with van der Waals surface area (Å²) in [6.07, 6.45) is 3.23. The maximum atomic E-state index is 12.4. The minimum atomic E-state index is -0.337. The van der Waals surface area contributed by atoms with E-state index in [0.717, 1.165) is 11.4 Å². The second-order valence-electron chi connectivity index (χ2n) is 6.78. The summed E-state index contributed by atoms with van der Waals surface area (Å²) in [7, 11) is 0. The summed E-state index contributed by atoms with van der Waals surface area (Å²) in [5.41, 5.74) is 0.113. The van der Waals surface area contributed by atoms with Crippen molar-refractivity contribution < 1.29 is 18.7 Å². The fraction of sp³-hybridized carbons (Fsp3) is 0.421. The third-order valence-electron chi connectivity index (χ3n) is 4.85. The van der Waals surface area contributed by atoms with Gasteiger partial charge >= 0.3 is 5.97 Å². The normalized spacial score (nSPS) is 15.0. The molecular formula is C19H20N4O5S. The molecular weight excluding hydrogens is 396 g/mol. The van der Waals surface area contributed by atoms with Gasteiger partial charge in [0.05, 0.1) is 17.9 Å². The van der Waals surface area contributed by atoms with E-state index in [2.05, 4.69) is 10.1 Å². The Morgan fingerprint density at radius 1 is 1.34 bits per heavy atom. The van der Waals surface area contributed by atoms with E-state index < -0.39 is 0 Å². The topological polar surface area (TPSA) is 107 Å². The van der Waals surface area contributed by atoms with E-state index in [9.17, 15) is 14.4 Å². The highest BCUT2D eigenvalue weighted by atomic mass is 32.1. The molecule has 0 saturated carbocycles. The molecule has 4 rings (SSSR count). The molecule has 1 amide bonds. The highest BCUT2D eigenvalue weighted by molar-refractivity contribution is 7.16. The summed E-state index contributed by atoms with van der Waals surface area (Å²) >= 11 is 1.34. The maximum absolute atomic E-state index is 12.4. The Morgan fingerprint density at radius 3 is 2.83 bits per heavy atom. The van der Waals surface area contributed by atoms with Crippen LogP contribution in [0.4, 0.5) is 0 Å². The number of fused-ring (bicyclic) bond motifs is 1. The van der Waals surface area contributed by atoms with Crippen molar-refractivity contribution in [2.75, 3.05) is 13.1 Å². The van der Waals surface area contributed by atoms with Gasteiger partial charge in [0.25, 0.3) is 11.5 Å². The molecule has 1 aliphatic rings. The monoisotopic (exact) mass is 416 g/mol. The van der Waals surface area contributed by atoms with E-state index in [0.29, 0.717) is 42.3 Å². The molecule has 1 saturated heterocycles. The second-order valence-corrected chi connectivity index (χ2v) is 7.82. The van der Waals surface area contributed by atoms with Crippen molar-refractivity contribution in [3.05, 3.63) is 51.3 Å². The molecule has 9 nitrogen and oxygen atoms in total. The van der Waals surface area contributed by atoms with Crippen molar-refractivity contribution in [1.29, 1.82) is 0 Å². The molecule has 0 atom stereocenters. The first-order chi connectivity index (χ1) is 14.0. The van der Waals surface area contributed by atoms with Crippen LogP contribution in [0.15, 0.2) is 33.7 Å². The van der Waals surface area contributed by atoms with Crippen LogP contribution in [0.1, 0.15) is 41.0 Å². The minimum absolute atomic E-state index is 0.0600. The zero-order chi connectivity index (χ0) is 20.4. The lowest BCUT2D eigenvalue weighted by Gasteiger charge is -2.30. The largest absolute Gasteiger partial charge is 0.459 e. The molecule has 1 aliphatic heterocycles. The smallest absolute Gasteiger partial charge is 0.309 e. The summed E-state index contributed by atoms with van der Waals surface area (Å²) in [5, 5.41) is 5.01. The fourth-order valence-corrected chi connectivity index (χ4v) is 4.11. The number of rotatable bonds is 5. The van der Waals surface area contributed by atoms with E-state index in [-0.39, 0.29) is 30.0 Å². The van der Waals surface area contributed by atoms with E-state index in [1.165, 1.54) is 28.2 Å². The average molecular weight is 416 g/mol. The molecule has 0 aromatic carbocycles. The summed E-state index contributed by atoms with van der Waals surface area (Å²) < 4.78 is 11.8. The number of aromatic nitrogens is 3. The number of amides is 1. The number of esters is 1. The number of carbonyl (C=O) groups excluding carboxylic acids is 2. The second kappa shape index (κ2) is 8.16. The quantitative estimate of drug-likeness (QED) is 0.585. The molecule has 1 fully saturated rings. The van der Waals surface area contributed by atoms with Gasteiger partial charge < -0.3 is 14.1 Å². The lowest BCUT2D eigenvalue weighted by Crippen LogP contribution is -2.40. The van der Waals surface area contributed by atoms with Crippen molar-refractivity contribution in [3.8, 4) is 0 Å². The number of hydrogen-bond acceptors (Lipinski definition) is 8. The molecule has 3 aromatic rings. The van der Waals surface area contributed by atoms with Gasteiger partial charge in [0.15, 0.2) is 5.76 Å². The first kappa shape index (κ1) is 19.3. The Bertz CT molecular complexity index is 1080. The molecule has 3 aromatic heterocycles. The third kappa shape index (κ3) is 4.07. The average Bonchev–Trinajstić information content (AvgIpc) is 3.41. The van der Waals surface area contributed by atoms with Gasteiger partial charge in [-0.15, -0.1) is 0 Å². The summed E-state index contributed by atoms with van der Waals surface area (Å²) in [6, 6.07) is 4.63. The Hall–Kier alpha value is -3.01. The Balaban J connectivity index is 1.33. The predicted molar refractivity (Wildman–Crippen MR) is 104 cm³/mol. The van der Waals surface area contributed by atoms with Gasteiger partial charge in [0.1, 0.15) is 11.6 Å². The van der Waals surface area contributed by atoms with Gasteiger partial charge in [-0.25, -0.2) is 4.98 Å². The Kier molecular flexibility index (Phi) is 5.43. The van der Waals surface area contributed by atoms with Crippen LogP contribution in [-0.4, -0.2) is 44.5 Å². The third-order valence-corrected chi connectivity index (χ3v) is 5.90. The van der Waals surface area contributed by atoms with Crippen LogP contribution in [-0.2, 0) is 22.6 Å². The maximum Gasteiger partial charge on any atom is 0.309 e. The standard InChI is InChI=1S/C19H20N4O5S/c1-2-15-21-23-16(24)10-13(20-19(23)29-15)11-28-18(26)12-5-7-22(8-6-12)17(25)14-4-3-9-27-14/h3-4,9-10,12H,2,5-8,11H2,1H3. The van der Waals surface area contributed by atoms with Crippen molar-refractivity contribution in [2.45, 2.75) is 32.8 Å². The number of piperidine rings is 1. The number of likely N-dealkylation sites (tertiary alicyclic amines) is 1. The van der Waals surface area contributed by atoms with Crippen molar-refractivity contribution >= 4 is 28.2 Å². The molecule has 0 unspecified atom stereocenters. The zero-order valence-electron chi connectivity index (χ0n) is 15.9. The lowest BCUT2D eigenvalue weighted by molar-refractivity contribution is -0.151. The lowest BCUT2D eigenvalue weighted by atomic mass is 9.97. The van der Waals surface area contributed by atoms with Crippen molar-refractivity contribution in [2.24, 2.45) is 5.92 Å². The van der Waals surface area contributed by atoms with Gasteiger partial charge in [-0.2, -0.15) is 9.61 Å². The number of carbonyl (C=O) groups is 2. The van der Waals surface area contributed by atoms with Gasteiger partial charge in [0.2, 0.25) is 4.96 Å². The first-order valence-corrected chi connectivity index (χ1v) is 10.2. The highest BCUT2D eigenvalue weighted by Gasteiger charge is 2.29. The van der Waals surface area contributed by atoms with E-state index in [4.69, 9.17) is 9.15 Å². The van der Waals surface area contributed by atoms with Gasteiger partial charge in [-0.1, -0.05) is 18.3 Å². The number of furan rings is 1. The van der Waals surface area contributed by atoms with Crippen molar-refractivity contribution in [3.63, 3.8) is 0 Å². The van der Waals surface area contributed by atoms with E-state index in [1.54, 1.807) is 17.0 Å². The number of hydrogen-bond donors (Lipinski definition) is 0. The van der Waals surface area contributed by atoms with Crippen LogP contribution in [0, 0.1) is 5.92 Å². The van der Waals surface area contributed by atoms with E-state index in [1.807, 2.05) is 6.92 Å². The molecule has 0 radical (unpaired) electrons. The SMILES string of the molecule is CCc1nn2c(=O)cc(COC(=O)C3CCN(C(=O)c4ccco4)CC3)nc2s1. The molecule has 0 aliphatic carbocycles. The Morgan fingerprint density at radius 2 is 2.14 bits per heavy atom. The van der Waals surface area contributed by atoms with Gasteiger partial charge in [0, 0.05) is 19.2 Å². The van der Waals surface area contributed by atoms with Crippen LogP contribution < -0.4 is 5.56 Å².